The third-order valence-corrected chi connectivity index (χ3v) is 6.69. The third-order valence-electron chi connectivity index (χ3n) is 6.69. The molecule has 0 radical (unpaired) electrons. The van der Waals surface area contributed by atoms with Crippen LogP contribution in [0.25, 0.3) is 0 Å². The lowest BCUT2D eigenvalue weighted by Crippen LogP contribution is -2.56. The van der Waals surface area contributed by atoms with Crippen molar-refractivity contribution in [3.05, 3.63) is 47.5 Å². The number of urea groups is 1. The maximum atomic E-state index is 12.8. The molecule has 2 aliphatic rings. The van der Waals surface area contributed by atoms with Gasteiger partial charge in [-0.1, -0.05) is 48.9 Å². The largest absolute Gasteiger partial charge is 0.323 e. The van der Waals surface area contributed by atoms with E-state index in [1.807, 2.05) is 18.2 Å². The molecule has 0 aromatic heterocycles. The molecule has 5 nitrogen and oxygen atoms in total. The molecule has 0 aliphatic carbocycles. The van der Waals surface area contributed by atoms with E-state index >= 15 is 0 Å². The minimum Gasteiger partial charge on any atom is -0.323 e. The molecule has 2 heterocycles. The van der Waals surface area contributed by atoms with Crippen LogP contribution in [0.3, 0.4) is 0 Å². The summed E-state index contributed by atoms with van der Waals surface area (Å²) in [5, 5.41) is 5.54. The van der Waals surface area contributed by atoms with Gasteiger partial charge in [-0.25, -0.2) is 4.79 Å². The molecule has 2 aliphatic heterocycles. The summed E-state index contributed by atoms with van der Waals surface area (Å²) in [6.45, 7) is 9.74. The van der Waals surface area contributed by atoms with Gasteiger partial charge in [0, 0.05) is 6.54 Å². The van der Waals surface area contributed by atoms with Crippen LogP contribution in [-0.2, 0) is 11.2 Å². The van der Waals surface area contributed by atoms with E-state index in [4.69, 9.17) is 0 Å². The number of piperidine rings is 1. The number of rotatable bonds is 9. The number of aryl methyl sites for hydroxylation is 1. The second kappa shape index (κ2) is 10.3. The summed E-state index contributed by atoms with van der Waals surface area (Å²) in [6, 6.07) is 9.87. The Labute approximate surface area is 181 Å². The zero-order valence-electron chi connectivity index (χ0n) is 18.7. The van der Waals surface area contributed by atoms with Crippen molar-refractivity contribution in [3.8, 4) is 0 Å². The van der Waals surface area contributed by atoms with Gasteiger partial charge in [0.05, 0.1) is 0 Å². The molecular formula is C25H37N3O2. The first-order valence-electron chi connectivity index (χ1n) is 11.4. The van der Waals surface area contributed by atoms with Crippen LogP contribution in [0.5, 0.6) is 0 Å². The second-order valence-corrected chi connectivity index (χ2v) is 9.40. The quantitative estimate of drug-likeness (QED) is 0.471. The minimum absolute atomic E-state index is 0.142. The van der Waals surface area contributed by atoms with Crippen LogP contribution in [-0.4, -0.2) is 42.0 Å². The van der Waals surface area contributed by atoms with Crippen molar-refractivity contribution < 1.29 is 9.59 Å². The lowest BCUT2D eigenvalue weighted by molar-refractivity contribution is -0.127. The van der Waals surface area contributed by atoms with Crippen molar-refractivity contribution >= 4 is 11.9 Å². The molecule has 0 bridgehead atoms. The Morgan fingerprint density at radius 1 is 1.20 bits per heavy atom. The molecule has 2 atom stereocenters. The fourth-order valence-electron chi connectivity index (χ4n) is 4.96. The zero-order chi connectivity index (χ0) is 21.6. The maximum absolute atomic E-state index is 12.8. The molecule has 1 aromatic rings. The van der Waals surface area contributed by atoms with Gasteiger partial charge < -0.3 is 10.2 Å². The van der Waals surface area contributed by atoms with Gasteiger partial charge in [-0.05, 0) is 82.9 Å². The number of amides is 3. The van der Waals surface area contributed by atoms with E-state index in [0.29, 0.717) is 12.3 Å². The average molecular weight is 412 g/mol. The zero-order valence-corrected chi connectivity index (χ0v) is 18.7. The normalized spacial score (nSPS) is 23.7. The van der Waals surface area contributed by atoms with Gasteiger partial charge in [0.1, 0.15) is 5.54 Å². The third kappa shape index (κ3) is 5.72. The highest BCUT2D eigenvalue weighted by Gasteiger charge is 2.51. The van der Waals surface area contributed by atoms with Crippen molar-refractivity contribution in [2.75, 3.05) is 19.6 Å². The number of hydrogen-bond acceptors (Lipinski definition) is 3. The molecule has 0 spiro atoms. The van der Waals surface area contributed by atoms with Gasteiger partial charge in [-0.2, -0.15) is 0 Å². The monoisotopic (exact) mass is 411 g/mol. The molecule has 3 rings (SSSR count). The Hall–Kier alpha value is -2.14. The first kappa shape index (κ1) is 22.5. The SMILES string of the molecule is CC(C)=CCC[C@H](C)CN1CCC([C@]2(CCc3ccccc3)NC(=O)NC2=O)CC1. The Morgan fingerprint density at radius 3 is 2.50 bits per heavy atom. The number of hydrogen-bond donors (Lipinski definition) is 2. The Bertz CT molecular complexity index is 749. The van der Waals surface area contributed by atoms with Gasteiger partial charge in [0.15, 0.2) is 0 Å². The predicted molar refractivity (Wildman–Crippen MR) is 121 cm³/mol. The van der Waals surface area contributed by atoms with Crippen molar-refractivity contribution in [2.24, 2.45) is 11.8 Å². The lowest BCUT2D eigenvalue weighted by Gasteiger charge is -2.41. The number of benzene rings is 1. The fourth-order valence-corrected chi connectivity index (χ4v) is 4.96. The van der Waals surface area contributed by atoms with Crippen LogP contribution >= 0.6 is 0 Å². The maximum Gasteiger partial charge on any atom is 0.322 e. The summed E-state index contributed by atoms with van der Waals surface area (Å²) in [4.78, 5) is 27.4. The van der Waals surface area contributed by atoms with E-state index in [-0.39, 0.29) is 17.9 Å². The summed E-state index contributed by atoms with van der Waals surface area (Å²) in [7, 11) is 0. The lowest BCUT2D eigenvalue weighted by atomic mass is 9.74. The van der Waals surface area contributed by atoms with Crippen molar-refractivity contribution in [1.29, 1.82) is 0 Å². The van der Waals surface area contributed by atoms with E-state index < -0.39 is 5.54 Å². The highest BCUT2D eigenvalue weighted by molar-refractivity contribution is 6.07. The molecule has 2 saturated heterocycles. The average Bonchev–Trinajstić information content (AvgIpc) is 3.01. The molecule has 164 valence electrons. The van der Waals surface area contributed by atoms with Crippen molar-refractivity contribution in [1.82, 2.24) is 15.5 Å². The van der Waals surface area contributed by atoms with Crippen molar-refractivity contribution in [3.63, 3.8) is 0 Å². The Morgan fingerprint density at radius 2 is 1.90 bits per heavy atom. The molecule has 30 heavy (non-hydrogen) atoms. The molecule has 1 aromatic carbocycles. The minimum atomic E-state index is -0.770. The standard InChI is InChI=1S/C25H37N3O2/c1-19(2)8-7-9-20(3)18-28-16-13-22(14-17-28)25(23(29)26-24(30)27-25)15-12-21-10-5-4-6-11-21/h4-6,8,10-11,20,22H,7,9,12-18H2,1-3H3,(H2,26,27,29,30)/t20-,25-/m0/s1. The van der Waals surface area contributed by atoms with Gasteiger partial charge in [0.25, 0.3) is 5.91 Å². The first-order valence-corrected chi connectivity index (χ1v) is 11.4. The number of allylic oxidation sites excluding steroid dienone is 2. The number of nitrogens with one attached hydrogen (secondary N) is 2. The van der Waals surface area contributed by atoms with E-state index in [0.717, 1.165) is 45.3 Å². The number of nitrogens with zero attached hydrogens (tertiary/aromatic N) is 1. The Kier molecular flexibility index (Phi) is 7.70. The predicted octanol–water partition coefficient (Wildman–Crippen LogP) is 4.29. The molecule has 0 saturated carbocycles. The molecule has 5 heteroatoms. The summed E-state index contributed by atoms with van der Waals surface area (Å²) in [6.07, 6.45) is 8.01. The van der Waals surface area contributed by atoms with Crippen molar-refractivity contribution in [2.45, 2.75) is 64.8 Å². The molecule has 0 unspecified atom stereocenters. The summed E-state index contributed by atoms with van der Waals surface area (Å²) in [5.41, 5.74) is 1.82. The van der Waals surface area contributed by atoms with Gasteiger partial charge in [-0.3, -0.25) is 10.1 Å². The van der Waals surface area contributed by atoms with E-state index in [1.165, 1.54) is 17.6 Å². The Balaban J connectivity index is 1.57. The molecule has 3 amide bonds. The van der Waals surface area contributed by atoms with Gasteiger partial charge in [0.2, 0.25) is 0 Å². The summed E-state index contributed by atoms with van der Waals surface area (Å²) >= 11 is 0. The van der Waals surface area contributed by atoms with Gasteiger partial charge in [-0.15, -0.1) is 0 Å². The molecule has 2 N–H and O–H groups in total. The van der Waals surface area contributed by atoms with E-state index in [1.54, 1.807) is 0 Å². The van der Waals surface area contributed by atoms with Crippen LogP contribution in [0.4, 0.5) is 4.79 Å². The first-order chi connectivity index (χ1) is 14.4. The van der Waals surface area contributed by atoms with E-state index in [2.05, 4.69) is 54.5 Å². The highest BCUT2D eigenvalue weighted by Crippen LogP contribution is 2.35. The topological polar surface area (TPSA) is 61.4 Å². The number of carbonyl (C=O) groups is 2. The van der Waals surface area contributed by atoms with Crippen LogP contribution < -0.4 is 10.6 Å². The van der Waals surface area contributed by atoms with Gasteiger partial charge >= 0.3 is 6.03 Å². The number of likely N-dealkylation sites (tertiary alicyclic amines) is 1. The molecular weight excluding hydrogens is 374 g/mol. The molecule has 2 fully saturated rings. The second-order valence-electron chi connectivity index (χ2n) is 9.40. The fraction of sp³-hybridized carbons (Fsp3) is 0.600. The van der Waals surface area contributed by atoms with E-state index in [9.17, 15) is 9.59 Å². The number of imide groups is 1. The number of carbonyl (C=O) groups excluding carboxylic acids is 2. The highest BCUT2D eigenvalue weighted by atomic mass is 16.2. The van der Waals surface area contributed by atoms with Crippen LogP contribution in [0.1, 0.15) is 58.4 Å². The summed E-state index contributed by atoms with van der Waals surface area (Å²) in [5.74, 6) is 0.709. The van der Waals surface area contributed by atoms with Crippen LogP contribution in [0, 0.1) is 11.8 Å². The van der Waals surface area contributed by atoms with Crippen LogP contribution in [0.2, 0.25) is 0 Å². The van der Waals surface area contributed by atoms with Crippen LogP contribution in [0.15, 0.2) is 42.0 Å². The smallest absolute Gasteiger partial charge is 0.322 e. The summed E-state index contributed by atoms with van der Waals surface area (Å²) < 4.78 is 0.